The molecule has 0 aromatic heterocycles. The van der Waals surface area contributed by atoms with Crippen molar-refractivity contribution < 1.29 is 0 Å². The second kappa shape index (κ2) is 5.33. The van der Waals surface area contributed by atoms with Crippen molar-refractivity contribution in [3.8, 4) is 11.1 Å². The van der Waals surface area contributed by atoms with Crippen molar-refractivity contribution in [2.75, 3.05) is 0 Å². The van der Waals surface area contributed by atoms with E-state index < -0.39 is 0 Å². The van der Waals surface area contributed by atoms with Crippen LogP contribution in [0.2, 0.25) is 0 Å². The summed E-state index contributed by atoms with van der Waals surface area (Å²) in [5.41, 5.74) is 9.67. The summed E-state index contributed by atoms with van der Waals surface area (Å²) in [6.45, 7) is 11.7. The van der Waals surface area contributed by atoms with Crippen LogP contribution in [0.1, 0.15) is 55.5 Å². The summed E-state index contributed by atoms with van der Waals surface area (Å²) in [6, 6.07) is 24.8. The molecule has 3 aromatic rings. The summed E-state index contributed by atoms with van der Waals surface area (Å²) in [5.74, 6) is 0. The molecule has 0 fully saturated rings. The Morgan fingerprint density at radius 2 is 1.00 bits per heavy atom. The molecule has 1 aliphatic rings. The van der Waals surface area contributed by atoms with E-state index in [9.17, 15) is 0 Å². The van der Waals surface area contributed by atoms with Crippen LogP contribution in [0.25, 0.3) is 11.1 Å². The van der Waals surface area contributed by atoms with Gasteiger partial charge in [0, 0.05) is 10.8 Å². The van der Waals surface area contributed by atoms with Crippen molar-refractivity contribution in [1.29, 1.82) is 0 Å². The van der Waals surface area contributed by atoms with Crippen LogP contribution in [-0.2, 0) is 10.8 Å². The van der Waals surface area contributed by atoms with Gasteiger partial charge in [0.1, 0.15) is 0 Å². The SMILES string of the molecule is Cc1ccc2c(c1)C(C)(C)c1ccccc1-c1ccccc1C2(C)C. The van der Waals surface area contributed by atoms with Crippen molar-refractivity contribution in [1.82, 2.24) is 0 Å². The minimum atomic E-state index is -0.0389. The van der Waals surface area contributed by atoms with Gasteiger partial charge in [-0.05, 0) is 40.3 Å². The van der Waals surface area contributed by atoms with Crippen molar-refractivity contribution in [3.63, 3.8) is 0 Å². The molecule has 1 aliphatic carbocycles. The van der Waals surface area contributed by atoms with E-state index in [-0.39, 0.29) is 10.8 Å². The van der Waals surface area contributed by atoms with E-state index >= 15 is 0 Å². The molecule has 0 N–H and O–H groups in total. The van der Waals surface area contributed by atoms with Crippen LogP contribution in [0.3, 0.4) is 0 Å². The van der Waals surface area contributed by atoms with E-state index in [2.05, 4.69) is 101 Å². The third-order valence-corrected chi connectivity index (χ3v) is 6.01. The smallest absolute Gasteiger partial charge is 0.0155 e. The van der Waals surface area contributed by atoms with Crippen LogP contribution in [0.5, 0.6) is 0 Å². The molecule has 0 heterocycles. The molecule has 25 heavy (non-hydrogen) atoms. The molecule has 0 nitrogen and oxygen atoms in total. The van der Waals surface area contributed by atoms with Crippen molar-refractivity contribution in [2.45, 2.75) is 45.4 Å². The van der Waals surface area contributed by atoms with Crippen LogP contribution in [0.4, 0.5) is 0 Å². The Balaban J connectivity index is 2.21. The zero-order valence-electron chi connectivity index (χ0n) is 15.9. The van der Waals surface area contributed by atoms with Crippen molar-refractivity contribution in [3.05, 3.63) is 94.5 Å². The molecule has 3 aromatic carbocycles. The van der Waals surface area contributed by atoms with Gasteiger partial charge in [-0.3, -0.25) is 0 Å². The Labute approximate surface area is 151 Å². The van der Waals surface area contributed by atoms with E-state index in [1.165, 1.54) is 38.9 Å². The third kappa shape index (κ3) is 2.28. The third-order valence-electron chi connectivity index (χ3n) is 6.01. The van der Waals surface area contributed by atoms with Crippen LogP contribution in [0, 0.1) is 6.92 Å². The number of aryl methyl sites for hydroxylation is 1. The summed E-state index contributed by atoms with van der Waals surface area (Å²) < 4.78 is 0. The maximum absolute atomic E-state index is 2.39. The van der Waals surface area contributed by atoms with Gasteiger partial charge in [0.25, 0.3) is 0 Å². The fourth-order valence-corrected chi connectivity index (χ4v) is 4.54. The fraction of sp³-hybridized carbons (Fsp3) is 0.280. The highest BCUT2D eigenvalue weighted by atomic mass is 14.4. The summed E-state index contributed by atoms with van der Waals surface area (Å²) in [4.78, 5) is 0. The van der Waals surface area contributed by atoms with Crippen LogP contribution < -0.4 is 0 Å². The lowest BCUT2D eigenvalue weighted by molar-refractivity contribution is 0.573. The first kappa shape index (κ1) is 16.1. The van der Waals surface area contributed by atoms with E-state index in [1.54, 1.807) is 0 Å². The Bertz CT molecular complexity index is 957. The predicted molar refractivity (Wildman–Crippen MR) is 107 cm³/mol. The topological polar surface area (TPSA) is 0 Å². The highest BCUT2D eigenvalue weighted by molar-refractivity contribution is 5.76. The molecule has 4 rings (SSSR count). The maximum atomic E-state index is 2.39. The molecule has 0 saturated heterocycles. The molecule has 126 valence electrons. The molecular formula is C25H26. The van der Waals surface area contributed by atoms with Gasteiger partial charge in [-0.25, -0.2) is 0 Å². The van der Waals surface area contributed by atoms with Gasteiger partial charge in [-0.2, -0.15) is 0 Å². The average Bonchev–Trinajstić information content (AvgIpc) is 2.61. The zero-order chi connectivity index (χ0) is 17.8. The lowest BCUT2D eigenvalue weighted by atomic mass is 9.63. The number of fused-ring (bicyclic) bond motifs is 4. The van der Waals surface area contributed by atoms with Gasteiger partial charge >= 0.3 is 0 Å². The lowest BCUT2D eigenvalue weighted by Crippen LogP contribution is -2.31. The molecule has 0 amide bonds. The first-order chi connectivity index (χ1) is 11.8. The molecule has 0 unspecified atom stereocenters. The van der Waals surface area contributed by atoms with Crippen LogP contribution in [0.15, 0.2) is 66.7 Å². The molecule has 0 saturated carbocycles. The molecule has 0 spiro atoms. The van der Waals surface area contributed by atoms with E-state index in [0.29, 0.717) is 0 Å². The Morgan fingerprint density at radius 1 is 0.520 bits per heavy atom. The highest BCUT2D eigenvalue weighted by Crippen LogP contribution is 2.49. The normalized spacial score (nSPS) is 16.8. The number of hydrogen-bond acceptors (Lipinski definition) is 0. The van der Waals surface area contributed by atoms with Gasteiger partial charge in [-0.15, -0.1) is 0 Å². The van der Waals surface area contributed by atoms with Crippen LogP contribution >= 0.6 is 0 Å². The first-order valence-corrected chi connectivity index (χ1v) is 9.14. The maximum Gasteiger partial charge on any atom is 0.0155 e. The monoisotopic (exact) mass is 326 g/mol. The second-order valence-corrected chi connectivity index (χ2v) is 8.39. The van der Waals surface area contributed by atoms with Gasteiger partial charge in [-0.1, -0.05) is 100.0 Å². The number of rotatable bonds is 0. The number of benzene rings is 3. The minimum absolute atomic E-state index is 0.0373. The van der Waals surface area contributed by atoms with Gasteiger partial charge < -0.3 is 0 Å². The standard InChI is InChI=1S/C25H26/c1-17-14-15-22-23(16-17)25(4,5)21-13-9-7-11-19(21)18-10-6-8-12-20(18)24(22,2)3/h6-16H,1-5H3. The molecular weight excluding hydrogens is 300 g/mol. The zero-order valence-corrected chi connectivity index (χ0v) is 15.9. The largest absolute Gasteiger partial charge is 0.0619 e. The van der Waals surface area contributed by atoms with E-state index in [4.69, 9.17) is 0 Å². The number of hydrogen-bond donors (Lipinski definition) is 0. The Morgan fingerprint density at radius 3 is 1.56 bits per heavy atom. The highest BCUT2D eigenvalue weighted by Gasteiger charge is 2.37. The Kier molecular flexibility index (Phi) is 3.44. The van der Waals surface area contributed by atoms with Gasteiger partial charge in [0.05, 0.1) is 0 Å². The van der Waals surface area contributed by atoms with Gasteiger partial charge in [0.2, 0.25) is 0 Å². The fourth-order valence-electron chi connectivity index (χ4n) is 4.54. The summed E-state index contributed by atoms with van der Waals surface area (Å²) in [5, 5.41) is 0. The summed E-state index contributed by atoms with van der Waals surface area (Å²) >= 11 is 0. The molecule has 0 aliphatic heterocycles. The van der Waals surface area contributed by atoms with Gasteiger partial charge in [0.15, 0.2) is 0 Å². The molecule has 0 heteroatoms. The molecule has 0 atom stereocenters. The van der Waals surface area contributed by atoms with Crippen molar-refractivity contribution in [2.24, 2.45) is 0 Å². The predicted octanol–water partition coefficient (Wildman–Crippen LogP) is 6.63. The summed E-state index contributed by atoms with van der Waals surface area (Å²) in [6.07, 6.45) is 0. The van der Waals surface area contributed by atoms with Crippen LogP contribution in [-0.4, -0.2) is 0 Å². The Hall–Kier alpha value is -2.34. The quantitative estimate of drug-likeness (QED) is 0.435. The average molecular weight is 326 g/mol. The van der Waals surface area contributed by atoms with Crippen molar-refractivity contribution >= 4 is 0 Å². The van der Waals surface area contributed by atoms with E-state index in [0.717, 1.165) is 0 Å². The van der Waals surface area contributed by atoms with E-state index in [1.807, 2.05) is 0 Å². The second-order valence-electron chi connectivity index (χ2n) is 8.39. The lowest BCUT2D eigenvalue weighted by Gasteiger charge is -2.40. The molecule has 0 bridgehead atoms. The minimum Gasteiger partial charge on any atom is -0.0619 e. The molecule has 0 radical (unpaired) electrons. The first-order valence-electron chi connectivity index (χ1n) is 9.14. The summed E-state index contributed by atoms with van der Waals surface area (Å²) in [7, 11) is 0.